The SMILES string of the molecule is CC1(C)CN(C(=O)CCCC2CCCC2)CCC1N.Cl. The molecule has 2 rings (SSSR count). The molecule has 0 aromatic heterocycles. The monoisotopic (exact) mass is 302 g/mol. The summed E-state index contributed by atoms with van der Waals surface area (Å²) in [7, 11) is 0. The molecule has 20 heavy (non-hydrogen) atoms. The third-order valence-corrected chi connectivity index (χ3v) is 5.14. The van der Waals surface area contributed by atoms with Crippen molar-refractivity contribution < 1.29 is 4.79 Å². The van der Waals surface area contributed by atoms with Crippen LogP contribution in [-0.4, -0.2) is 29.9 Å². The highest BCUT2D eigenvalue weighted by atomic mass is 35.5. The summed E-state index contributed by atoms with van der Waals surface area (Å²) in [6.45, 7) is 6.04. The van der Waals surface area contributed by atoms with Gasteiger partial charge in [0.25, 0.3) is 0 Å². The third kappa shape index (κ3) is 4.63. The summed E-state index contributed by atoms with van der Waals surface area (Å²) >= 11 is 0. The van der Waals surface area contributed by atoms with Gasteiger partial charge in [0.2, 0.25) is 5.91 Å². The molecule has 1 saturated carbocycles. The maximum atomic E-state index is 12.3. The van der Waals surface area contributed by atoms with Crippen LogP contribution < -0.4 is 5.73 Å². The van der Waals surface area contributed by atoms with Crippen LogP contribution in [0.25, 0.3) is 0 Å². The first kappa shape index (κ1) is 17.8. The Hall–Kier alpha value is -0.280. The van der Waals surface area contributed by atoms with Gasteiger partial charge in [0.1, 0.15) is 0 Å². The summed E-state index contributed by atoms with van der Waals surface area (Å²) in [6, 6.07) is 0.232. The first-order valence-corrected chi connectivity index (χ1v) is 8.02. The van der Waals surface area contributed by atoms with Crippen molar-refractivity contribution in [3.63, 3.8) is 0 Å². The molecule has 0 aromatic carbocycles. The Bertz CT molecular complexity index is 314. The number of hydrogen-bond acceptors (Lipinski definition) is 2. The van der Waals surface area contributed by atoms with Crippen molar-refractivity contribution in [2.45, 2.75) is 71.3 Å². The van der Waals surface area contributed by atoms with Gasteiger partial charge in [-0.1, -0.05) is 39.5 Å². The first-order valence-electron chi connectivity index (χ1n) is 8.02. The fourth-order valence-corrected chi connectivity index (χ4v) is 3.59. The minimum absolute atomic E-state index is 0. The molecule has 3 nitrogen and oxygen atoms in total. The quantitative estimate of drug-likeness (QED) is 0.865. The topological polar surface area (TPSA) is 46.3 Å². The molecule has 1 amide bonds. The van der Waals surface area contributed by atoms with Crippen LogP contribution in [-0.2, 0) is 4.79 Å². The maximum absolute atomic E-state index is 12.3. The van der Waals surface area contributed by atoms with Gasteiger partial charge in [-0.15, -0.1) is 12.4 Å². The minimum atomic E-state index is 0. The number of likely N-dealkylation sites (tertiary alicyclic amines) is 1. The minimum Gasteiger partial charge on any atom is -0.342 e. The van der Waals surface area contributed by atoms with E-state index in [-0.39, 0.29) is 23.9 Å². The van der Waals surface area contributed by atoms with E-state index in [9.17, 15) is 4.79 Å². The predicted octanol–water partition coefficient (Wildman–Crippen LogP) is 3.35. The fraction of sp³-hybridized carbons (Fsp3) is 0.938. The van der Waals surface area contributed by atoms with Gasteiger partial charge in [-0.3, -0.25) is 4.79 Å². The Morgan fingerprint density at radius 2 is 1.90 bits per heavy atom. The molecule has 0 bridgehead atoms. The van der Waals surface area contributed by atoms with Gasteiger partial charge in [-0.25, -0.2) is 0 Å². The Morgan fingerprint density at radius 1 is 1.25 bits per heavy atom. The Balaban J connectivity index is 0.00000200. The lowest BCUT2D eigenvalue weighted by Gasteiger charge is -2.42. The molecule has 1 unspecified atom stereocenters. The largest absolute Gasteiger partial charge is 0.342 e. The van der Waals surface area contributed by atoms with E-state index in [4.69, 9.17) is 5.73 Å². The van der Waals surface area contributed by atoms with Crippen molar-refractivity contribution in [1.29, 1.82) is 0 Å². The lowest BCUT2D eigenvalue weighted by molar-refractivity contribution is -0.134. The number of piperidine rings is 1. The number of nitrogens with zero attached hydrogens (tertiary/aromatic N) is 1. The number of hydrogen-bond donors (Lipinski definition) is 1. The van der Waals surface area contributed by atoms with Crippen molar-refractivity contribution in [2.75, 3.05) is 13.1 Å². The van der Waals surface area contributed by atoms with Crippen LogP contribution >= 0.6 is 12.4 Å². The van der Waals surface area contributed by atoms with E-state index in [1.807, 2.05) is 4.90 Å². The zero-order valence-corrected chi connectivity index (χ0v) is 13.9. The molecule has 2 N–H and O–H groups in total. The van der Waals surface area contributed by atoms with E-state index in [0.29, 0.717) is 5.91 Å². The Labute approximate surface area is 130 Å². The molecule has 4 heteroatoms. The van der Waals surface area contributed by atoms with Crippen LogP contribution in [0.3, 0.4) is 0 Å². The van der Waals surface area contributed by atoms with Crippen LogP contribution in [0.1, 0.15) is 65.2 Å². The number of rotatable bonds is 4. The number of carbonyl (C=O) groups is 1. The van der Waals surface area contributed by atoms with E-state index >= 15 is 0 Å². The molecular formula is C16H31ClN2O. The lowest BCUT2D eigenvalue weighted by atomic mass is 9.79. The Kier molecular flexibility index (Phi) is 6.80. The van der Waals surface area contributed by atoms with Gasteiger partial charge < -0.3 is 10.6 Å². The number of halogens is 1. The maximum Gasteiger partial charge on any atom is 0.222 e. The number of carbonyl (C=O) groups excluding carboxylic acids is 1. The third-order valence-electron chi connectivity index (χ3n) is 5.14. The first-order chi connectivity index (χ1) is 8.99. The summed E-state index contributed by atoms with van der Waals surface area (Å²) in [4.78, 5) is 14.3. The highest BCUT2D eigenvalue weighted by Crippen LogP contribution is 2.30. The molecule has 1 aliphatic heterocycles. The van der Waals surface area contributed by atoms with E-state index in [2.05, 4.69) is 13.8 Å². The molecule has 1 heterocycles. The smallest absolute Gasteiger partial charge is 0.222 e. The zero-order valence-electron chi connectivity index (χ0n) is 13.1. The second-order valence-corrected chi connectivity index (χ2v) is 7.24. The summed E-state index contributed by atoms with van der Waals surface area (Å²) in [5.41, 5.74) is 6.19. The van der Waals surface area contributed by atoms with Crippen LogP contribution in [0.2, 0.25) is 0 Å². The van der Waals surface area contributed by atoms with E-state index in [1.54, 1.807) is 0 Å². The fourth-order valence-electron chi connectivity index (χ4n) is 3.59. The average Bonchev–Trinajstić information content (AvgIpc) is 2.85. The molecule has 1 saturated heterocycles. The van der Waals surface area contributed by atoms with Crippen molar-refractivity contribution in [2.24, 2.45) is 17.1 Å². The summed E-state index contributed by atoms with van der Waals surface area (Å²) in [5.74, 6) is 1.25. The molecule has 0 radical (unpaired) electrons. The van der Waals surface area contributed by atoms with E-state index < -0.39 is 0 Å². The number of nitrogens with two attached hydrogens (primary N) is 1. The molecular weight excluding hydrogens is 272 g/mol. The molecule has 0 spiro atoms. The number of amides is 1. The predicted molar refractivity (Wildman–Crippen MR) is 86.0 cm³/mol. The van der Waals surface area contributed by atoms with Gasteiger partial charge in [-0.05, 0) is 30.6 Å². The molecule has 2 aliphatic rings. The summed E-state index contributed by atoms with van der Waals surface area (Å²) in [5, 5.41) is 0. The second kappa shape index (κ2) is 7.65. The van der Waals surface area contributed by atoms with E-state index in [0.717, 1.165) is 38.3 Å². The van der Waals surface area contributed by atoms with Crippen LogP contribution in [0.4, 0.5) is 0 Å². The van der Waals surface area contributed by atoms with E-state index in [1.165, 1.54) is 32.1 Å². The highest BCUT2D eigenvalue weighted by molar-refractivity contribution is 5.85. The Morgan fingerprint density at radius 3 is 2.50 bits per heavy atom. The van der Waals surface area contributed by atoms with Gasteiger partial charge in [0.15, 0.2) is 0 Å². The lowest BCUT2D eigenvalue weighted by Crippen LogP contribution is -2.53. The van der Waals surface area contributed by atoms with Gasteiger partial charge >= 0.3 is 0 Å². The van der Waals surface area contributed by atoms with Gasteiger partial charge in [-0.2, -0.15) is 0 Å². The average molecular weight is 303 g/mol. The van der Waals surface area contributed by atoms with Crippen molar-refractivity contribution in [1.82, 2.24) is 4.90 Å². The van der Waals surface area contributed by atoms with Gasteiger partial charge in [0.05, 0.1) is 0 Å². The van der Waals surface area contributed by atoms with Crippen LogP contribution in [0.5, 0.6) is 0 Å². The van der Waals surface area contributed by atoms with Crippen molar-refractivity contribution >= 4 is 18.3 Å². The van der Waals surface area contributed by atoms with Crippen molar-refractivity contribution in [3.05, 3.63) is 0 Å². The van der Waals surface area contributed by atoms with Crippen LogP contribution in [0.15, 0.2) is 0 Å². The molecule has 1 atom stereocenters. The molecule has 0 aromatic rings. The standard InChI is InChI=1S/C16H30N2O.ClH/c1-16(2)12-18(11-10-14(16)17)15(19)9-5-8-13-6-3-4-7-13;/h13-14H,3-12,17H2,1-2H3;1H. The summed E-state index contributed by atoms with van der Waals surface area (Å²) in [6.07, 6.45) is 9.59. The summed E-state index contributed by atoms with van der Waals surface area (Å²) < 4.78 is 0. The van der Waals surface area contributed by atoms with Crippen molar-refractivity contribution in [3.8, 4) is 0 Å². The normalized spacial score (nSPS) is 26.4. The molecule has 1 aliphatic carbocycles. The van der Waals surface area contributed by atoms with Gasteiger partial charge in [0, 0.05) is 25.6 Å². The molecule has 2 fully saturated rings. The molecule has 118 valence electrons. The second-order valence-electron chi connectivity index (χ2n) is 7.24. The zero-order chi connectivity index (χ0) is 13.9. The highest BCUT2D eigenvalue weighted by Gasteiger charge is 2.35. The van der Waals surface area contributed by atoms with Crippen LogP contribution in [0, 0.1) is 11.3 Å².